The number of anilines is 2. The van der Waals surface area contributed by atoms with Crippen molar-refractivity contribution in [2.45, 2.75) is 38.9 Å². The second kappa shape index (κ2) is 10.2. The molecular weight excluding hydrogens is 390 g/mol. The Hall–Kier alpha value is -1.88. The highest BCUT2D eigenvalue weighted by Gasteiger charge is 2.37. The molecule has 0 aromatic heterocycles. The number of rotatable bonds is 9. The van der Waals surface area contributed by atoms with Crippen LogP contribution in [0.1, 0.15) is 44.5 Å². The quantitative estimate of drug-likeness (QED) is 0.490. The fraction of sp³-hybridized carbons (Fsp3) is 0.455. The third kappa shape index (κ3) is 5.59. The maximum atomic E-state index is 13.6. The summed E-state index contributed by atoms with van der Waals surface area (Å²) < 4.78 is 38.1. The van der Waals surface area contributed by atoms with Crippen molar-refractivity contribution in [1.29, 1.82) is 0 Å². The number of benzene rings is 2. The Labute approximate surface area is 172 Å². The van der Waals surface area contributed by atoms with Gasteiger partial charge in [0, 0.05) is 24.5 Å². The molecule has 3 rings (SSSR count). The van der Waals surface area contributed by atoms with Gasteiger partial charge in [-0.25, -0.2) is 4.39 Å². The summed E-state index contributed by atoms with van der Waals surface area (Å²) in [5, 5.41) is 3.24. The fourth-order valence-electron chi connectivity index (χ4n) is 3.61. The van der Waals surface area contributed by atoms with Gasteiger partial charge in [-0.3, -0.25) is 4.57 Å². The minimum absolute atomic E-state index is 0.269. The normalized spacial score (nSPS) is 15.9. The lowest BCUT2D eigenvalue weighted by atomic mass is 10.1. The summed E-state index contributed by atoms with van der Waals surface area (Å²) in [4.78, 5) is 2.38. The average molecular weight is 420 g/mol. The predicted octanol–water partition coefficient (Wildman–Crippen LogP) is 6.19. The Morgan fingerprint density at radius 1 is 0.966 bits per heavy atom. The molecule has 1 saturated heterocycles. The van der Waals surface area contributed by atoms with Gasteiger partial charge in [0.1, 0.15) is 5.82 Å². The summed E-state index contributed by atoms with van der Waals surface area (Å²) in [7, 11) is -3.49. The molecular formula is C22H30FN2O3P. The van der Waals surface area contributed by atoms with Crippen molar-refractivity contribution in [1.82, 2.24) is 0 Å². The van der Waals surface area contributed by atoms with E-state index >= 15 is 0 Å². The molecule has 1 unspecified atom stereocenters. The first-order valence-electron chi connectivity index (χ1n) is 10.3. The zero-order chi connectivity index (χ0) is 20.7. The number of piperidine rings is 1. The lowest BCUT2D eigenvalue weighted by Crippen LogP contribution is -2.29. The summed E-state index contributed by atoms with van der Waals surface area (Å²) in [6.07, 6.45) is 3.70. The number of nitrogens with one attached hydrogen (secondary N) is 1. The van der Waals surface area contributed by atoms with E-state index in [1.165, 1.54) is 31.4 Å². The number of hydrogen-bond donors (Lipinski definition) is 1. The van der Waals surface area contributed by atoms with Gasteiger partial charge < -0.3 is 19.3 Å². The Morgan fingerprint density at radius 2 is 1.55 bits per heavy atom. The molecule has 1 heterocycles. The lowest BCUT2D eigenvalue weighted by molar-refractivity contribution is 0.214. The van der Waals surface area contributed by atoms with E-state index < -0.39 is 13.4 Å². The van der Waals surface area contributed by atoms with E-state index in [4.69, 9.17) is 9.05 Å². The van der Waals surface area contributed by atoms with Crippen molar-refractivity contribution < 1.29 is 18.0 Å². The highest BCUT2D eigenvalue weighted by atomic mass is 31.2. The SMILES string of the molecule is CCOP(=O)(OCC)C(Nc1ccc(F)cc1)c1ccc(N2CCCCC2)cc1. The molecule has 2 aromatic carbocycles. The molecule has 0 amide bonds. The Bertz CT molecular complexity index is 798. The van der Waals surface area contributed by atoms with E-state index in [0.29, 0.717) is 5.69 Å². The first-order chi connectivity index (χ1) is 14.1. The van der Waals surface area contributed by atoms with Crippen LogP contribution in [0.25, 0.3) is 0 Å². The minimum Gasteiger partial charge on any atom is -0.372 e. The van der Waals surface area contributed by atoms with Crippen LogP contribution in [-0.4, -0.2) is 26.3 Å². The number of nitrogens with zero attached hydrogens (tertiary/aromatic N) is 1. The van der Waals surface area contributed by atoms with Crippen LogP contribution in [0.3, 0.4) is 0 Å². The molecule has 0 bridgehead atoms. The molecule has 7 heteroatoms. The van der Waals surface area contributed by atoms with E-state index in [0.717, 1.165) is 24.3 Å². The van der Waals surface area contributed by atoms with Crippen molar-refractivity contribution in [3.63, 3.8) is 0 Å². The molecule has 0 radical (unpaired) electrons. The van der Waals surface area contributed by atoms with E-state index in [1.54, 1.807) is 26.0 Å². The second-order valence-corrected chi connectivity index (χ2v) is 9.18. The third-order valence-corrected chi connectivity index (χ3v) is 7.31. The third-order valence-electron chi connectivity index (χ3n) is 5.01. The molecule has 2 aromatic rings. The lowest BCUT2D eigenvalue weighted by Gasteiger charge is -2.30. The molecule has 158 valence electrons. The molecule has 5 nitrogen and oxygen atoms in total. The molecule has 1 N–H and O–H groups in total. The Balaban J connectivity index is 1.90. The van der Waals surface area contributed by atoms with Gasteiger partial charge in [0.25, 0.3) is 0 Å². The van der Waals surface area contributed by atoms with Crippen molar-refractivity contribution in [2.24, 2.45) is 0 Å². The van der Waals surface area contributed by atoms with E-state index in [1.807, 2.05) is 12.1 Å². The summed E-state index contributed by atoms with van der Waals surface area (Å²) in [6, 6.07) is 14.0. The molecule has 29 heavy (non-hydrogen) atoms. The summed E-state index contributed by atoms with van der Waals surface area (Å²) in [5.41, 5.74) is 2.62. The molecule has 1 atom stereocenters. The average Bonchev–Trinajstić information content (AvgIpc) is 2.74. The zero-order valence-electron chi connectivity index (χ0n) is 17.1. The van der Waals surface area contributed by atoms with Crippen LogP contribution in [0.5, 0.6) is 0 Å². The maximum absolute atomic E-state index is 13.6. The highest BCUT2D eigenvalue weighted by Crippen LogP contribution is 2.60. The van der Waals surface area contributed by atoms with Crippen LogP contribution >= 0.6 is 7.60 Å². The molecule has 1 fully saturated rings. The topological polar surface area (TPSA) is 50.8 Å². The molecule has 1 aliphatic rings. The number of hydrogen-bond acceptors (Lipinski definition) is 5. The van der Waals surface area contributed by atoms with Crippen molar-refractivity contribution >= 4 is 19.0 Å². The molecule has 0 spiro atoms. The van der Waals surface area contributed by atoms with Gasteiger partial charge in [-0.15, -0.1) is 0 Å². The van der Waals surface area contributed by atoms with Crippen LogP contribution in [0.2, 0.25) is 0 Å². The van der Waals surface area contributed by atoms with Crippen molar-refractivity contribution in [2.75, 3.05) is 36.5 Å². The van der Waals surface area contributed by atoms with Crippen molar-refractivity contribution in [3.05, 3.63) is 59.9 Å². The van der Waals surface area contributed by atoms with Gasteiger partial charge >= 0.3 is 7.60 Å². The van der Waals surface area contributed by atoms with Gasteiger partial charge in [0.15, 0.2) is 5.78 Å². The summed E-state index contributed by atoms with van der Waals surface area (Å²) in [6.45, 7) is 6.25. The van der Waals surface area contributed by atoms with Gasteiger partial charge in [-0.05, 0) is 75.1 Å². The van der Waals surface area contributed by atoms with Crippen LogP contribution in [0, 0.1) is 5.82 Å². The fourth-order valence-corrected chi connectivity index (χ4v) is 5.55. The monoisotopic (exact) mass is 420 g/mol. The second-order valence-electron chi connectivity index (χ2n) is 7.07. The van der Waals surface area contributed by atoms with E-state index in [2.05, 4.69) is 22.3 Å². The van der Waals surface area contributed by atoms with E-state index in [-0.39, 0.29) is 19.0 Å². The predicted molar refractivity (Wildman–Crippen MR) is 116 cm³/mol. The van der Waals surface area contributed by atoms with Crippen LogP contribution < -0.4 is 10.2 Å². The minimum atomic E-state index is -3.49. The molecule has 0 saturated carbocycles. The Kier molecular flexibility index (Phi) is 7.70. The van der Waals surface area contributed by atoms with Crippen molar-refractivity contribution in [3.8, 4) is 0 Å². The smallest absolute Gasteiger partial charge is 0.357 e. The van der Waals surface area contributed by atoms with Gasteiger partial charge in [0.05, 0.1) is 13.2 Å². The summed E-state index contributed by atoms with van der Waals surface area (Å²) >= 11 is 0. The highest BCUT2D eigenvalue weighted by molar-refractivity contribution is 7.54. The Morgan fingerprint density at radius 3 is 2.10 bits per heavy atom. The zero-order valence-corrected chi connectivity index (χ0v) is 18.0. The first-order valence-corrected chi connectivity index (χ1v) is 11.9. The summed E-state index contributed by atoms with van der Waals surface area (Å²) in [5.74, 6) is -1.01. The van der Waals surface area contributed by atoms with E-state index in [9.17, 15) is 8.96 Å². The van der Waals surface area contributed by atoms with Crippen LogP contribution in [0.4, 0.5) is 15.8 Å². The standard InChI is InChI=1S/C22H30FN2O3P/c1-3-27-29(26,28-4-2)22(24-20-12-10-19(23)11-13-20)18-8-14-21(15-9-18)25-16-6-5-7-17-25/h8-15,22,24H,3-7,16-17H2,1-2H3. The van der Waals surface area contributed by atoms with Gasteiger partial charge in [-0.1, -0.05) is 12.1 Å². The van der Waals surface area contributed by atoms with Gasteiger partial charge in [0.2, 0.25) is 0 Å². The van der Waals surface area contributed by atoms with Gasteiger partial charge in [-0.2, -0.15) is 0 Å². The largest absolute Gasteiger partial charge is 0.372 e. The maximum Gasteiger partial charge on any atom is 0.357 e. The molecule has 0 aliphatic carbocycles. The molecule has 1 aliphatic heterocycles. The number of halogens is 1. The van der Waals surface area contributed by atoms with Crippen LogP contribution in [0.15, 0.2) is 48.5 Å². The first kappa shape index (κ1) is 21.8. The van der Waals surface area contributed by atoms with Crippen LogP contribution in [-0.2, 0) is 13.6 Å².